The standard InChI is InChI=1S/C15H21NO3S/c1-9(2)13(15(18)19)16-14(17)12-8-10-6-4-3-5-7-11(10)20-12/h8-9,13H,3-7H2,1-2H3,(H,16,17)(H,18,19). The second-order valence-corrected chi connectivity index (χ2v) is 6.79. The first-order valence-electron chi connectivity index (χ1n) is 7.14. The van der Waals surface area contributed by atoms with Crippen LogP contribution in [0.3, 0.4) is 0 Å². The van der Waals surface area contributed by atoms with Crippen molar-refractivity contribution in [3.63, 3.8) is 0 Å². The summed E-state index contributed by atoms with van der Waals surface area (Å²) in [7, 11) is 0. The molecule has 1 aliphatic carbocycles. The molecule has 0 aliphatic heterocycles. The molecule has 1 unspecified atom stereocenters. The molecular formula is C15H21NO3S. The smallest absolute Gasteiger partial charge is 0.326 e. The van der Waals surface area contributed by atoms with Gasteiger partial charge in [0.2, 0.25) is 0 Å². The van der Waals surface area contributed by atoms with Gasteiger partial charge in [0.1, 0.15) is 6.04 Å². The summed E-state index contributed by atoms with van der Waals surface area (Å²) in [6, 6.07) is 1.12. The van der Waals surface area contributed by atoms with E-state index in [1.807, 2.05) is 6.07 Å². The lowest BCUT2D eigenvalue weighted by atomic mass is 10.0. The molecule has 0 aromatic carbocycles. The first kappa shape index (κ1) is 15.0. The molecule has 1 aliphatic rings. The fourth-order valence-corrected chi connectivity index (χ4v) is 3.66. The van der Waals surface area contributed by atoms with Gasteiger partial charge in [0.15, 0.2) is 0 Å². The number of carboxylic acids is 1. The molecule has 0 bridgehead atoms. The number of hydrogen-bond donors (Lipinski definition) is 2. The summed E-state index contributed by atoms with van der Waals surface area (Å²) in [4.78, 5) is 25.3. The lowest BCUT2D eigenvalue weighted by molar-refractivity contribution is -0.140. The second kappa shape index (κ2) is 6.39. The minimum Gasteiger partial charge on any atom is -0.480 e. The molecule has 20 heavy (non-hydrogen) atoms. The summed E-state index contributed by atoms with van der Waals surface area (Å²) >= 11 is 1.52. The van der Waals surface area contributed by atoms with Gasteiger partial charge in [0, 0.05) is 4.88 Å². The molecule has 1 heterocycles. The zero-order valence-corrected chi connectivity index (χ0v) is 12.8. The molecule has 0 spiro atoms. The van der Waals surface area contributed by atoms with Crippen molar-refractivity contribution in [2.45, 2.75) is 52.0 Å². The van der Waals surface area contributed by atoms with E-state index >= 15 is 0 Å². The third kappa shape index (κ3) is 3.39. The fourth-order valence-electron chi connectivity index (χ4n) is 2.51. The number of carbonyl (C=O) groups is 2. The molecule has 1 amide bonds. The molecule has 1 atom stereocenters. The third-order valence-corrected chi connectivity index (χ3v) is 4.93. The Morgan fingerprint density at radius 3 is 2.60 bits per heavy atom. The maximum atomic E-state index is 12.2. The number of carboxylic acid groups (broad SMARTS) is 1. The van der Waals surface area contributed by atoms with Crippen molar-refractivity contribution < 1.29 is 14.7 Å². The highest BCUT2D eigenvalue weighted by Gasteiger charge is 2.25. The summed E-state index contributed by atoms with van der Waals surface area (Å²) in [6.45, 7) is 3.59. The van der Waals surface area contributed by atoms with Gasteiger partial charge in [-0.3, -0.25) is 4.79 Å². The highest BCUT2D eigenvalue weighted by atomic mass is 32.1. The Kier molecular flexibility index (Phi) is 4.81. The van der Waals surface area contributed by atoms with E-state index in [-0.39, 0.29) is 11.8 Å². The molecule has 0 saturated heterocycles. The maximum absolute atomic E-state index is 12.2. The van der Waals surface area contributed by atoms with Crippen LogP contribution in [-0.2, 0) is 17.6 Å². The monoisotopic (exact) mass is 295 g/mol. The zero-order valence-electron chi connectivity index (χ0n) is 11.9. The number of thiophene rings is 1. The Labute approximate surface area is 123 Å². The molecule has 0 saturated carbocycles. The minimum atomic E-state index is -0.980. The number of hydrogen-bond acceptors (Lipinski definition) is 3. The average Bonchev–Trinajstić information content (AvgIpc) is 2.66. The van der Waals surface area contributed by atoms with E-state index in [0.29, 0.717) is 4.88 Å². The molecule has 0 radical (unpaired) electrons. The molecule has 110 valence electrons. The van der Waals surface area contributed by atoms with Crippen molar-refractivity contribution in [2.75, 3.05) is 0 Å². The average molecular weight is 295 g/mol. The number of rotatable bonds is 4. The van der Waals surface area contributed by atoms with E-state index in [1.54, 1.807) is 13.8 Å². The van der Waals surface area contributed by atoms with Crippen LogP contribution in [0, 0.1) is 5.92 Å². The van der Waals surface area contributed by atoms with Gasteiger partial charge in [0.05, 0.1) is 4.88 Å². The van der Waals surface area contributed by atoms with Crippen LogP contribution in [0.25, 0.3) is 0 Å². The van der Waals surface area contributed by atoms with E-state index in [4.69, 9.17) is 5.11 Å². The van der Waals surface area contributed by atoms with Gasteiger partial charge in [0.25, 0.3) is 5.91 Å². The van der Waals surface area contributed by atoms with Crippen molar-refractivity contribution in [1.29, 1.82) is 0 Å². The molecular weight excluding hydrogens is 274 g/mol. The summed E-state index contributed by atoms with van der Waals surface area (Å²) < 4.78 is 0. The minimum absolute atomic E-state index is 0.130. The van der Waals surface area contributed by atoms with Crippen molar-refractivity contribution in [2.24, 2.45) is 5.92 Å². The van der Waals surface area contributed by atoms with Crippen LogP contribution < -0.4 is 5.32 Å². The molecule has 2 rings (SSSR count). The fraction of sp³-hybridized carbons (Fsp3) is 0.600. The van der Waals surface area contributed by atoms with E-state index in [2.05, 4.69) is 5.32 Å². The van der Waals surface area contributed by atoms with Crippen LogP contribution in [0.4, 0.5) is 0 Å². The van der Waals surface area contributed by atoms with Crippen molar-refractivity contribution in [1.82, 2.24) is 5.32 Å². The predicted molar refractivity (Wildman–Crippen MR) is 79.3 cm³/mol. The third-order valence-electron chi connectivity index (χ3n) is 3.69. The topological polar surface area (TPSA) is 66.4 Å². The normalized spacial score (nSPS) is 16.4. The number of carbonyl (C=O) groups excluding carboxylic acids is 1. The number of nitrogens with one attached hydrogen (secondary N) is 1. The van der Waals surface area contributed by atoms with Crippen LogP contribution in [0.15, 0.2) is 6.07 Å². The summed E-state index contributed by atoms with van der Waals surface area (Å²) in [5, 5.41) is 11.8. The summed E-state index contributed by atoms with van der Waals surface area (Å²) in [5.74, 6) is -1.37. The second-order valence-electron chi connectivity index (χ2n) is 5.65. The van der Waals surface area contributed by atoms with Gasteiger partial charge in [-0.25, -0.2) is 4.79 Å². The SMILES string of the molecule is CC(C)C(NC(=O)c1cc2c(s1)CCCCC2)C(=O)O. The van der Waals surface area contributed by atoms with Crippen molar-refractivity contribution >= 4 is 23.2 Å². The quantitative estimate of drug-likeness (QED) is 0.839. The lowest BCUT2D eigenvalue weighted by Crippen LogP contribution is -2.44. The number of fused-ring (bicyclic) bond motifs is 1. The Bertz CT molecular complexity index is 484. The summed E-state index contributed by atoms with van der Waals surface area (Å²) in [5.41, 5.74) is 1.27. The van der Waals surface area contributed by atoms with E-state index < -0.39 is 12.0 Å². The van der Waals surface area contributed by atoms with Gasteiger partial charge in [-0.1, -0.05) is 20.3 Å². The number of aryl methyl sites for hydroxylation is 2. The zero-order chi connectivity index (χ0) is 14.7. The predicted octanol–water partition coefficient (Wildman–Crippen LogP) is 2.86. The van der Waals surface area contributed by atoms with Crippen LogP contribution in [0.1, 0.15) is 53.2 Å². The van der Waals surface area contributed by atoms with Crippen LogP contribution in [-0.4, -0.2) is 23.0 Å². The highest BCUT2D eigenvalue weighted by Crippen LogP contribution is 2.29. The van der Waals surface area contributed by atoms with E-state index in [0.717, 1.165) is 12.8 Å². The maximum Gasteiger partial charge on any atom is 0.326 e. The molecule has 1 aromatic heterocycles. The molecule has 5 heteroatoms. The first-order valence-corrected chi connectivity index (χ1v) is 7.96. The highest BCUT2D eigenvalue weighted by molar-refractivity contribution is 7.14. The van der Waals surface area contributed by atoms with Crippen molar-refractivity contribution in [3.05, 3.63) is 21.4 Å². The van der Waals surface area contributed by atoms with Crippen molar-refractivity contribution in [3.8, 4) is 0 Å². The first-order chi connectivity index (χ1) is 9.49. The van der Waals surface area contributed by atoms with Crippen LogP contribution >= 0.6 is 11.3 Å². The molecule has 4 nitrogen and oxygen atoms in total. The summed E-state index contributed by atoms with van der Waals surface area (Å²) in [6.07, 6.45) is 5.68. The number of aliphatic carboxylic acids is 1. The molecule has 0 fully saturated rings. The Morgan fingerprint density at radius 1 is 1.25 bits per heavy atom. The van der Waals surface area contributed by atoms with Crippen LogP contribution in [0.2, 0.25) is 0 Å². The Hall–Kier alpha value is -1.36. The molecule has 2 N–H and O–H groups in total. The van der Waals surface area contributed by atoms with Gasteiger partial charge in [-0.15, -0.1) is 11.3 Å². The van der Waals surface area contributed by atoms with Crippen LogP contribution in [0.5, 0.6) is 0 Å². The number of amides is 1. The largest absolute Gasteiger partial charge is 0.480 e. The Morgan fingerprint density at radius 2 is 1.95 bits per heavy atom. The van der Waals surface area contributed by atoms with Gasteiger partial charge in [-0.2, -0.15) is 0 Å². The van der Waals surface area contributed by atoms with Gasteiger partial charge in [-0.05, 0) is 43.2 Å². The van der Waals surface area contributed by atoms with E-state index in [9.17, 15) is 9.59 Å². The molecule has 1 aromatic rings. The lowest BCUT2D eigenvalue weighted by Gasteiger charge is -2.17. The Balaban J connectivity index is 2.11. The van der Waals surface area contributed by atoms with Gasteiger partial charge >= 0.3 is 5.97 Å². The van der Waals surface area contributed by atoms with Gasteiger partial charge < -0.3 is 10.4 Å². The van der Waals surface area contributed by atoms with E-state index in [1.165, 1.54) is 41.0 Å².